The second-order valence-electron chi connectivity index (χ2n) is 6.23. The molecule has 2 heterocycles. The summed E-state index contributed by atoms with van der Waals surface area (Å²) in [6.07, 6.45) is 1.86. The van der Waals surface area contributed by atoms with Crippen LogP contribution in [-0.4, -0.2) is 48.7 Å². The summed E-state index contributed by atoms with van der Waals surface area (Å²) in [4.78, 5) is 24.0. The molecule has 0 aliphatic carbocycles. The number of para-hydroxylation sites is 2. The molecule has 26 heavy (non-hydrogen) atoms. The van der Waals surface area contributed by atoms with Gasteiger partial charge in [0.15, 0.2) is 11.7 Å². The normalized spacial score (nSPS) is 15.5. The lowest BCUT2D eigenvalue weighted by molar-refractivity contribution is -0.121. The highest BCUT2D eigenvalue weighted by Crippen LogP contribution is 2.27. The van der Waals surface area contributed by atoms with Crippen LogP contribution in [-0.2, 0) is 9.53 Å². The van der Waals surface area contributed by atoms with Crippen LogP contribution in [0, 0.1) is 11.3 Å². The number of benzene rings is 1. The van der Waals surface area contributed by atoms with Crippen LogP contribution in [0.5, 0.6) is 0 Å². The average molecular weight is 353 g/mol. The van der Waals surface area contributed by atoms with Crippen molar-refractivity contribution in [1.82, 2.24) is 15.3 Å². The number of aromatic nitrogens is 2. The molecule has 1 aliphatic heterocycles. The third kappa shape index (κ3) is 3.92. The number of ether oxygens (including phenoxy) is 1. The van der Waals surface area contributed by atoms with E-state index in [-0.39, 0.29) is 5.91 Å². The van der Waals surface area contributed by atoms with Crippen molar-refractivity contribution in [3.63, 3.8) is 0 Å². The minimum absolute atomic E-state index is 0.319. The van der Waals surface area contributed by atoms with E-state index in [0.717, 1.165) is 18.4 Å². The molecule has 0 spiro atoms. The number of rotatable bonds is 6. The van der Waals surface area contributed by atoms with Crippen LogP contribution in [0.15, 0.2) is 24.3 Å². The molecule has 136 valence electrons. The number of nitrogens with zero attached hydrogens (tertiary/aromatic N) is 4. The molecule has 1 amide bonds. The Bertz CT molecular complexity index is 811. The SMILES string of the molecule is CCCCNC(=O)C(C#N)c1nc2ccccc2nc1N1CCOCC1. The Kier molecular flexibility index (Phi) is 5.97. The Morgan fingerprint density at radius 2 is 2.00 bits per heavy atom. The molecule has 3 rings (SSSR count). The van der Waals surface area contributed by atoms with Gasteiger partial charge in [-0.3, -0.25) is 4.79 Å². The zero-order valence-electron chi connectivity index (χ0n) is 14.9. The van der Waals surface area contributed by atoms with Gasteiger partial charge in [-0.05, 0) is 18.6 Å². The smallest absolute Gasteiger partial charge is 0.243 e. The van der Waals surface area contributed by atoms with Gasteiger partial charge in [0.1, 0.15) is 5.69 Å². The quantitative estimate of drug-likeness (QED) is 0.799. The number of hydrogen-bond acceptors (Lipinski definition) is 6. The third-order valence-electron chi connectivity index (χ3n) is 4.38. The Morgan fingerprint density at radius 1 is 1.31 bits per heavy atom. The lowest BCUT2D eigenvalue weighted by atomic mass is 10.0. The van der Waals surface area contributed by atoms with Crippen molar-refractivity contribution in [3.05, 3.63) is 30.0 Å². The van der Waals surface area contributed by atoms with E-state index in [0.29, 0.717) is 49.9 Å². The molecule has 2 aromatic rings. The molecule has 1 atom stereocenters. The molecule has 1 aliphatic rings. The number of nitriles is 1. The first kappa shape index (κ1) is 18.1. The molecule has 1 aromatic carbocycles. The summed E-state index contributed by atoms with van der Waals surface area (Å²) in [5.41, 5.74) is 1.85. The van der Waals surface area contributed by atoms with Crippen molar-refractivity contribution in [2.45, 2.75) is 25.7 Å². The zero-order valence-corrected chi connectivity index (χ0v) is 14.9. The molecule has 1 N–H and O–H groups in total. The number of nitrogens with one attached hydrogen (secondary N) is 1. The number of carbonyl (C=O) groups excluding carboxylic acids is 1. The minimum atomic E-state index is -0.984. The fraction of sp³-hybridized carbons (Fsp3) is 0.474. The van der Waals surface area contributed by atoms with Crippen LogP contribution in [0.1, 0.15) is 31.4 Å². The number of unbranched alkanes of at least 4 members (excludes halogenated alkanes) is 1. The predicted octanol–water partition coefficient (Wildman–Crippen LogP) is 1.99. The van der Waals surface area contributed by atoms with E-state index in [1.165, 1.54) is 0 Å². The number of morpholine rings is 1. The highest BCUT2D eigenvalue weighted by Gasteiger charge is 2.29. The second-order valence-corrected chi connectivity index (χ2v) is 6.23. The van der Waals surface area contributed by atoms with Crippen LogP contribution in [0.3, 0.4) is 0 Å². The van der Waals surface area contributed by atoms with Gasteiger partial charge in [0, 0.05) is 19.6 Å². The molecule has 1 saturated heterocycles. The summed E-state index contributed by atoms with van der Waals surface area (Å²) in [5.74, 6) is -0.703. The van der Waals surface area contributed by atoms with Gasteiger partial charge in [0.25, 0.3) is 0 Å². The van der Waals surface area contributed by atoms with Crippen molar-refractivity contribution >= 4 is 22.8 Å². The molecule has 0 bridgehead atoms. The zero-order chi connectivity index (χ0) is 18.4. The summed E-state index contributed by atoms with van der Waals surface area (Å²) in [7, 11) is 0. The topological polar surface area (TPSA) is 91.1 Å². The van der Waals surface area contributed by atoms with Gasteiger partial charge in [-0.2, -0.15) is 5.26 Å². The standard InChI is InChI=1S/C19H23N5O2/c1-2-3-8-21-19(25)14(13-20)17-18(24-9-11-26-12-10-24)23-16-7-5-4-6-15(16)22-17/h4-7,14H,2-3,8-12H2,1H3,(H,21,25). The van der Waals surface area contributed by atoms with Crippen molar-refractivity contribution < 1.29 is 9.53 Å². The van der Waals surface area contributed by atoms with Crippen LogP contribution >= 0.6 is 0 Å². The van der Waals surface area contributed by atoms with E-state index < -0.39 is 5.92 Å². The van der Waals surface area contributed by atoms with Gasteiger partial charge in [-0.1, -0.05) is 25.5 Å². The van der Waals surface area contributed by atoms with Gasteiger partial charge in [-0.15, -0.1) is 0 Å². The molecule has 1 fully saturated rings. The molecule has 0 radical (unpaired) electrons. The second kappa shape index (κ2) is 8.59. The fourth-order valence-corrected chi connectivity index (χ4v) is 2.94. The summed E-state index contributed by atoms with van der Waals surface area (Å²) < 4.78 is 5.41. The van der Waals surface area contributed by atoms with E-state index in [1.54, 1.807) is 0 Å². The fourth-order valence-electron chi connectivity index (χ4n) is 2.94. The first-order chi connectivity index (χ1) is 12.7. The molecule has 1 aromatic heterocycles. The number of amides is 1. The van der Waals surface area contributed by atoms with E-state index >= 15 is 0 Å². The van der Waals surface area contributed by atoms with Gasteiger partial charge >= 0.3 is 0 Å². The molecular formula is C19H23N5O2. The van der Waals surface area contributed by atoms with Crippen molar-refractivity contribution in [2.24, 2.45) is 0 Å². The van der Waals surface area contributed by atoms with Crippen LogP contribution < -0.4 is 10.2 Å². The Hall–Kier alpha value is -2.72. The Balaban J connectivity index is 2.00. The maximum Gasteiger partial charge on any atom is 0.243 e. The van der Waals surface area contributed by atoms with Crippen molar-refractivity contribution in [1.29, 1.82) is 5.26 Å². The summed E-state index contributed by atoms with van der Waals surface area (Å²) in [6.45, 7) is 5.12. The highest BCUT2D eigenvalue weighted by atomic mass is 16.5. The maximum atomic E-state index is 12.6. The van der Waals surface area contributed by atoms with Gasteiger partial charge in [0.05, 0.1) is 30.3 Å². The summed E-state index contributed by atoms with van der Waals surface area (Å²) in [5, 5.41) is 12.5. The summed E-state index contributed by atoms with van der Waals surface area (Å²) >= 11 is 0. The predicted molar refractivity (Wildman–Crippen MR) is 98.8 cm³/mol. The molecular weight excluding hydrogens is 330 g/mol. The third-order valence-corrected chi connectivity index (χ3v) is 4.38. The minimum Gasteiger partial charge on any atom is -0.378 e. The van der Waals surface area contributed by atoms with E-state index in [4.69, 9.17) is 9.72 Å². The van der Waals surface area contributed by atoms with Gasteiger partial charge < -0.3 is 15.0 Å². The molecule has 7 heteroatoms. The average Bonchev–Trinajstić information content (AvgIpc) is 2.69. The first-order valence-electron chi connectivity index (χ1n) is 9.01. The number of fused-ring (bicyclic) bond motifs is 1. The monoisotopic (exact) mass is 353 g/mol. The summed E-state index contributed by atoms with van der Waals surface area (Å²) in [6, 6.07) is 9.62. The van der Waals surface area contributed by atoms with Gasteiger partial charge in [0.2, 0.25) is 5.91 Å². The first-order valence-corrected chi connectivity index (χ1v) is 9.01. The van der Waals surface area contributed by atoms with E-state index in [1.807, 2.05) is 29.2 Å². The van der Waals surface area contributed by atoms with E-state index in [2.05, 4.69) is 23.3 Å². The maximum absolute atomic E-state index is 12.6. The molecule has 7 nitrogen and oxygen atoms in total. The number of carbonyl (C=O) groups is 1. The molecule has 0 saturated carbocycles. The van der Waals surface area contributed by atoms with E-state index in [9.17, 15) is 10.1 Å². The van der Waals surface area contributed by atoms with Crippen LogP contribution in [0.2, 0.25) is 0 Å². The van der Waals surface area contributed by atoms with Crippen molar-refractivity contribution in [2.75, 3.05) is 37.7 Å². The van der Waals surface area contributed by atoms with Crippen LogP contribution in [0.4, 0.5) is 5.82 Å². The molecule has 1 unspecified atom stereocenters. The van der Waals surface area contributed by atoms with Gasteiger partial charge in [-0.25, -0.2) is 9.97 Å². The lowest BCUT2D eigenvalue weighted by Crippen LogP contribution is -2.39. The largest absolute Gasteiger partial charge is 0.378 e. The lowest BCUT2D eigenvalue weighted by Gasteiger charge is -2.29. The number of hydrogen-bond donors (Lipinski definition) is 1. The van der Waals surface area contributed by atoms with Crippen molar-refractivity contribution in [3.8, 4) is 6.07 Å². The van der Waals surface area contributed by atoms with Crippen LogP contribution in [0.25, 0.3) is 11.0 Å². The Morgan fingerprint density at radius 3 is 2.65 bits per heavy atom. The highest BCUT2D eigenvalue weighted by molar-refractivity contribution is 5.88. The number of anilines is 1. The Labute approximate surface area is 153 Å².